The highest BCUT2D eigenvalue weighted by Crippen LogP contribution is 2.44. The van der Waals surface area contributed by atoms with Gasteiger partial charge < -0.3 is 0 Å². The largest absolute Gasteiger partial charge is 0.243 e. The molecule has 0 radical (unpaired) electrons. The molecule has 33 heavy (non-hydrogen) atoms. The van der Waals surface area contributed by atoms with Crippen LogP contribution in [0.2, 0.25) is 0 Å². The summed E-state index contributed by atoms with van der Waals surface area (Å²) in [4.78, 5) is 0.350. The van der Waals surface area contributed by atoms with Crippen LogP contribution in [0.3, 0.4) is 0 Å². The third-order valence-corrected chi connectivity index (χ3v) is 8.53. The minimum absolute atomic E-state index is 0.350. The Hall–Kier alpha value is -3.21. The molecule has 0 aliphatic carbocycles. The van der Waals surface area contributed by atoms with E-state index in [4.69, 9.17) is 0 Å². The van der Waals surface area contributed by atoms with Crippen LogP contribution in [0.25, 0.3) is 22.3 Å². The van der Waals surface area contributed by atoms with Crippen molar-refractivity contribution in [1.82, 2.24) is 4.31 Å². The van der Waals surface area contributed by atoms with E-state index in [-0.39, 0.29) is 0 Å². The van der Waals surface area contributed by atoms with Crippen molar-refractivity contribution in [3.63, 3.8) is 0 Å². The van der Waals surface area contributed by atoms with Gasteiger partial charge in [0.1, 0.15) is 0 Å². The fourth-order valence-corrected chi connectivity index (χ4v) is 6.30. The smallest absolute Gasteiger partial charge is 0.207 e. The molecule has 1 aliphatic heterocycles. The van der Waals surface area contributed by atoms with Gasteiger partial charge in [0.2, 0.25) is 10.0 Å². The maximum Gasteiger partial charge on any atom is 0.243 e. The van der Waals surface area contributed by atoms with Crippen LogP contribution >= 0.6 is 0 Å². The predicted molar refractivity (Wildman–Crippen MR) is 134 cm³/mol. The number of rotatable bonds is 4. The Bertz CT molecular complexity index is 1350. The lowest BCUT2D eigenvalue weighted by atomic mass is 9.83. The van der Waals surface area contributed by atoms with E-state index in [1.807, 2.05) is 31.2 Å². The summed E-state index contributed by atoms with van der Waals surface area (Å²) in [5.41, 5.74) is 10.3. The summed E-state index contributed by atoms with van der Waals surface area (Å²) in [7, 11) is -3.58. The highest BCUT2D eigenvalue weighted by Gasteiger charge is 2.34. The minimum atomic E-state index is -3.58. The van der Waals surface area contributed by atoms with Gasteiger partial charge in [0, 0.05) is 13.1 Å². The molecule has 0 atom stereocenters. The number of sulfonamides is 1. The molecule has 0 fully saturated rings. The fourth-order valence-electron chi connectivity index (χ4n) is 4.93. The third kappa shape index (κ3) is 3.69. The van der Waals surface area contributed by atoms with Gasteiger partial charge in [0.15, 0.2) is 0 Å². The molecule has 0 saturated heterocycles. The van der Waals surface area contributed by atoms with Crippen molar-refractivity contribution in [2.45, 2.75) is 38.8 Å². The standard InChI is InChI=1S/C29H27NO2S/c1-20-14-16-25(17-15-20)33(31,32)30-18-26-21(2)28(23-10-6-4-7-11-23)29(22(3)27(26)19-30)24-12-8-5-9-13-24/h4-17H,18-19H2,1-3H3. The Labute approximate surface area is 196 Å². The summed E-state index contributed by atoms with van der Waals surface area (Å²) in [5, 5.41) is 0. The summed E-state index contributed by atoms with van der Waals surface area (Å²) in [6.45, 7) is 7.02. The molecule has 3 nitrogen and oxygen atoms in total. The Balaban J connectivity index is 1.69. The van der Waals surface area contributed by atoms with E-state index in [2.05, 4.69) is 62.4 Å². The molecular weight excluding hydrogens is 426 g/mol. The Kier molecular flexibility index (Phi) is 5.43. The van der Waals surface area contributed by atoms with Gasteiger partial charge in [-0.1, -0.05) is 78.4 Å². The van der Waals surface area contributed by atoms with Crippen molar-refractivity contribution in [3.05, 3.63) is 113 Å². The maximum absolute atomic E-state index is 13.5. The van der Waals surface area contributed by atoms with Crippen LogP contribution in [0.4, 0.5) is 0 Å². The highest BCUT2D eigenvalue weighted by molar-refractivity contribution is 7.89. The first-order valence-electron chi connectivity index (χ1n) is 11.2. The van der Waals surface area contributed by atoms with Gasteiger partial charge in [-0.3, -0.25) is 0 Å². The lowest BCUT2D eigenvalue weighted by Gasteiger charge is -2.21. The molecule has 0 spiro atoms. The SMILES string of the molecule is Cc1ccc(S(=O)(=O)N2Cc3c(C)c(-c4ccccc4)c(-c4ccccc4)c(C)c3C2)cc1. The summed E-state index contributed by atoms with van der Waals surface area (Å²) in [6, 6.07) is 27.9. The minimum Gasteiger partial charge on any atom is -0.207 e. The van der Waals surface area contributed by atoms with Crippen molar-refractivity contribution in [2.24, 2.45) is 0 Å². The normalized spacial score (nSPS) is 13.8. The van der Waals surface area contributed by atoms with E-state index in [9.17, 15) is 8.42 Å². The Morgan fingerprint density at radius 3 is 1.45 bits per heavy atom. The number of hydrogen-bond donors (Lipinski definition) is 0. The molecule has 0 saturated carbocycles. The highest BCUT2D eigenvalue weighted by atomic mass is 32.2. The lowest BCUT2D eigenvalue weighted by molar-refractivity contribution is 0.431. The Morgan fingerprint density at radius 1 is 0.606 bits per heavy atom. The Morgan fingerprint density at radius 2 is 1.03 bits per heavy atom. The second kappa shape index (κ2) is 8.29. The molecule has 0 N–H and O–H groups in total. The summed E-state index contributed by atoms with van der Waals surface area (Å²) < 4.78 is 28.6. The zero-order valence-electron chi connectivity index (χ0n) is 19.2. The van der Waals surface area contributed by atoms with Crippen LogP contribution in [0, 0.1) is 20.8 Å². The number of aryl methyl sites for hydroxylation is 1. The van der Waals surface area contributed by atoms with Gasteiger partial charge >= 0.3 is 0 Å². The molecule has 1 heterocycles. The van der Waals surface area contributed by atoms with Gasteiger partial charge in [-0.15, -0.1) is 0 Å². The third-order valence-electron chi connectivity index (χ3n) is 6.72. The molecular formula is C29H27NO2S. The maximum atomic E-state index is 13.5. The van der Waals surface area contributed by atoms with Gasteiger partial charge in [0.05, 0.1) is 4.90 Å². The van der Waals surface area contributed by atoms with Crippen LogP contribution in [0.5, 0.6) is 0 Å². The summed E-state index contributed by atoms with van der Waals surface area (Å²) in [6.07, 6.45) is 0. The van der Waals surface area contributed by atoms with Crippen molar-refractivity contribution in [3.8, 4) is 22.3 Å². The second-order valence-electron chi connectivity index (χ2n) is 8.78. The van der Waals surface area contributed by atoms with Crippen LogP contribution in [-0.2, 0) is 23.1 Å². The summed E-state index contributed by atoms with van der Waals surface area (Å²) >= 11 is 0. The summed E-state index contributed by atoms with van der Waals surface area (Å²) in [5.74, 6) is 0. The molecule has 0 bridgehead atoms. The van der Waals surface area contributed by atoms with Crippen LogP contribution in [-0.4, -0.2) is 12.7 Å². The fraction of sp³-hybridized carbons (Fsp3) is 0.172. The van der Waals surface area contributed by atoms with E-state index in [0.29, 0.717) is 18.0 Å². The second-order valence-corrected chi connectivity index (χ2v) is 10.7. The van der Waals surface area contributed by atoms with E-state index in [1.54, 1.807) is 16.4 Å². The first kappa shape index (κ1) is 21.6. The molecule has 166 valence electrons. The van der Waals surface area contributed by atoms with Crippen LogP contribution in [0.1, 0.15) is 27.8 Å². The number of fused-ring (bicyclic) bond motifs is 1. The zero-order valence-corrected chi connectivity index (χ0v) is 20.0. The van der Waals surface area contributed by atoms with Gasteiger partial charge in [-0.05, 0) is 77.4 Å². The van der Waals surface area contributed by atoms with E-state index in [1.165, 1.54) is 11.1 Å². The molecule has 1 aliphatic rings. The first-order valence-corrected chi connectivity index (χ1v) is 12.6. The van der Waals surface area contributed by atoms with Crippen molar-refractivity contribution < 1.29 is 8.42 Å². The molecule has 5 rings (SSSR count). The van der Waals surface area contributed by atoms with Crippen molar-refractivity contribution in [1.29, 1.82) is 0 Å². The van der Waals surface area contributed by atoms with Crippen LogP contribution in [0.15, 0.2) is 89.8 Å². The number of benzene rings is 4. The number of nitrogens with zero attached hydrogens (tertiary/aromatic N) is 1. The van der Waals surface area contributed by atoms with Crippen molar-refractivity contribution in [2.75, 3.05) is 0 Å². The molecule has 0 unspecified atom stereocenters. The monoisotopic (exact) mass is 453 g/mol. The molecule has 4 heteroatoms. The van der Waals surface area contributed by atoms with Crippen molar-refractivity contribution >= 4 is 10.0 Å². The van der Waals surface area contributed by atoms with Gasteiger partial charge in [-0.2, -0.15) is 4.31 Å². The molecule has 0 aromatic heterocycles. The van der Waals surface area contributed by atoms with Crippen LogP contribution < -0.4 is 0 Å². The topological polar surface area (TPSA) is 37.4 Å². The molecule has 0 amide bonds. The average Bonchev–Trinajstić information content (AvgIpc) is 3.30. The number of hydrogen-bond acceptors (Lipinski definition) is 2. The molecule has 4 aromatic carbocycles. The predicted octanol–water partition coefficient (Wildman–Crippen LogP) is 6.65. The quantitative estimate of drug-likeness (QED) is 0.347. The first-order chi connectivity index (χ1) is 15.9. The van der Waals surface area contributed by atoms with Gasteiger partial charge in [-0.25, -0.2) is 8.42 Å². The average molecular weight is 454 g/mol. The molecule has 4 aromatic rings. The van der Waals surface area contributed by atoms with E-state index < -0.39 is 10.0 Å². The van der Waals surface area contributed by atoms with E-state index in [0.717, 1.165) is 38.9 Å². The van der Waals surface area contributed by atoms with Gasteiger partial charge in [0.25, 0.3) is 0 Å². The zero-order chi connectivity index (χ0) is 23.2. The van der Waals surface area contributed by atoms with E-state index >= 15 is 0 Å². The lowest BCUT2D eigenvalue weighted by Crippen LogP contribution is -2.25.